The second-order valence-corrected chi connectivity index (χ2v) is 10.0. The first-order valence-electron chi connectivity index (χ1n) is 5.84. The van der Waals surface area contributed by atoms with Gasteiger partial charge in [0.2, 0.25) is 0 Å². The van der Waals surface area contributed by atoms with Gasteiger partial charge in [-0.15, -0.1) is 0 Å². The van der Waals surface area contributed by atoms with Crippen LogP contribution in [-0.4, -0.2) is 36.5 Å². The van der Waals surface area contributed by atoms with Gasteiger partial charge < -0.3 is 0 Å². The Bertz CT molecular complexity index is 298. The number of nitrogens with zero attached hydrogens (tertiary/aromatic N) is 1. The van der Waals surface area contributed by atoms with Crippen LogP contribution in [0.4, 0.5) is 5.69 Å². The van der Waals surface area contributed by atoms with Crippen molar-refractivity contribution in [1.82, 2.24) is 0 Å². The summed E-state index contributed by atoms with van der Waals surface area (Å²) in [5.74, 6) is 0. The molecule has 0 aliphatic rings. The fourth-order valence-corrected chi connectivity index (χ4v) is 2.93. The van der Waals surface area contributed by atoms with Crippen molar-refractivity contribution in [3.05, 3.63) is 24.3 Å². The van der Waals surface area contributed by atoms with Gasteiger partial charge in [-0.2, -0.15) is 0 Å². The summed E-state index contributed by atoms with van der Waals surface area (Å²) in [6.45, 7) is 11.4. The first-order chi connectivity index (χ1) is 6.99. The minimum atomic E-state index is -1.13. The van der Waals surface area contributed by atoms with Crippen molar-refractivity contribution in [2.24, 2.45) is 0 Å². The zero-order valence-electron chi connectivity index (χ0n) is 10.7. The van der Waals surface area contributed by atoms with Crippen molar-refractivity contribution in [2.75, 3.05) is 18.0 Å². The second-order valence-electron chi connectivity index (χ2n) is 4.97. The van der Waals surface area contributed by atoms with Gasteiger partial charge in [0, 0.05) is 0 Å². The molecule has 0 spiro atoms. The van der Waals surface area contributed by atoms with E-state index in [1.807, 2.05) is 0 Å². The fraction of sp³-hybridized carbons (Fsp3) is 0.500. The van der Waals surface area contributed by atoms with E-state index in [0.29, 0.717) is 0 Å². The number of anilines is 1. The molecular weight excluding hydrogens is 193 g/mol. The summed E-state index contributed by atoms with van der Waals surface area (Å²) in [6.07, 6.45) is -1.13. The Balaban J connectivity index is 2.89. The molecule has 3 heteroatoms. The average Bonchev–Trinajstić information content (AvgIpc) is 2.19. The zero-order valence-corrected chi connectivity index (χ0v) is 11.7. The quantitative estimate of drug-likeness (QED) is 0.692. The van der Waals surface area contributed by atoms with E-state index in [9.17, 15) is 0 Å². The van der Waals surface area contributed by atoms with E-state index in [1.54, 1.807) is 5.19 Å². The molecule has 1 rings (SSSR count). The Morgan fingerprint density at radius 1 is 1.07 bits per heavy atom. The van der Waals surface area contributed by atoms with Gasteiger partial charge in [-0.1, -0.05) is 0 Å². The standard InChI is InChI=1S/C12H20NSi.Li/c1-5-13(6-2)11-7-9-12(10-8-11)14(3)4;/h7-10H,5-6H2,1-4H3;. The third-order valence-corrected chi connectivity index (χ3v) is 4.93. The van der Waals surface area contributed by atoms with Crippen LogP contribution < -0.4 is 10.1 Å². The number of hydrogen-bond donors (Lipinski definition) is 0. The molecule has 78 valence electrons. The van der Waals surface area contributed by atoms with Crippen LogP contribution in [0.1, 0.15) is 13.8 Å². The molecule has 1 aromatic carbocycles. The molecular formula is C12H20LiNSi. The van der Waals surface area contributed by atoms with E-state index in [1.165, 1.54) is 5.69 Å². The first kappa shape index (κ1) is 12.9. The van der Waals surface area contributed by atoms with Crippen LogP contribution in [0, 0.1) is 0 Å². The summed E-state index contributed by atoms with van der Waals surface area (Å²) in [6, 6.07) is 9.14. The average molecular weight is 213 g/mol. The Labute approximate surface area is 103 Å². The fourth-order valence-electron chi connectivity index (χ4n) is 1.76. The van der Waals surface area contributed by atoms with Gasteiger partial charge in [0.05, 0.1) is 0 Å². The molecule has 0 fully saturated rings. The van der Waals surface area contributed by atoms with Crippen LogP contribution in [-0.2, 0) is 0 Å². The number of hydrogen-bond acceptors (Lipinski definition) is 1. The molecule has 0 saturated carbocycles. The van der Waals surface area contributed by atoms with Gasteiger partial charge in [-0.25, -0.2) is 0 Å². The van der Waals surface area contributed by atoms with E-state index >= 15 is 0 Å². The van der Waals surface area contributed by atoms with Crippen molar-refractivity contribution < 1.29 is 0 Å². The van der Waals surface area contributed by atoms with Crippen molar-refractivity contribution in [2.45, 2.75) is 26.9 Å². The van der Waals surface area contributed by atoms with Crippen LogP contribution in [0.25, 0.3) is 0 Å². The molecule has 0 bridgehead atoms. The number of benzene rings is 1. The molecule has 0 heterocycles. The summed E-state index contributed by atoms with van der Waals surface area (Å²) in [4.78, 5) is 2.38. The SMILES string of the molecule is [Li][Si](C)(C)c1ccc(N(CC)CC)cc1. The molecule has 0 aliphatic carbocycles. The van der Waals surface area contributed by atoms with Crippen molar-refractivity contribution in [1.29, 1.82) is 0 Å². The van der Waals surface area contributed by atoms with E-state index < -0.39 is 6.40 Å². The summed E-state index contributed by atoms with van der Waals surface area (Å²) in [7, 11) is 0. The first-order valence-corrected chi connectivity index (χ1v) is 9.34. The third kappa shape index (κ3) is 3.41. The molecule has 0 unspecified atom stereocenters. The van der Waals surface area contributed by atoms with Crippen molar-refractivity contribution in [3.8, 4) is 0 Å². The van der Waals surface area contributed by atoms with Crippen LogP contribution >= 0.6 is 0 Å². The van der Waals surface area contributed by atoms with Gasteiger partial charge in [-0.3, -0.25) is 0 Å². The molecule has 0 N–H and O–H groups in total. The second kappa shape index (κ2) is 5.25. The Morgan fingerprint density at radius 3 is 1.87 bits per heavy atom. The maximum atomic E-state index is 2.39. The normalized spacial score (nSPS) is 11.6. The number of rotatable bonds is 4. The molecule has 0 aliphatic heterocycles. The molecule has 0 saturated heterocycles. The van der Waals surface area contributed by atoms with E-state index in [-0.39, 0.29) is 0 Å². The van der Waals surface area contributed by atoms with E-state index in [2.05, 4.69) is 73.1 Å². The van der Waals surface area contributed by atoms with Crippen LogP contribution in [0.2, 0.25) is 13.1 Å². The molecule has 0 aromatic heterocycles. The third-order valence-electron chi connectivity index (χ3n) is 2.86. The van der Waals surface area contributed by atoms with Crippen LogP contribution in [0.3, 0.4) is 0 Å². The summed E-state index contributed by atoms with van der Waals surface area (Å²) in [5.41, 5.74) is 1.35. The predicted octanol–water partition coefficient (Wildman–Crippen LogP) is 2.11. The Hall–Kier alpha value is -0.166. The molecule has 0 atom stereocenters. The molecule has 1 aromatic rings. The topological polar surface area (TPSA) is 3.24 Å². The van der Waals surface area contributed by atoms with E-state index in [4.69, 9.17) is 0 Å². The van der Waals surface area contributed by atoms with E-state index in [0.717, 1.165) is 13.1 Å². The van der Waals surface area contributed by atoms with Crippen LogP contribution in [0.5, 0.6) is 0 Å². The Morgan fingerprint density at radius 2 is 1.53 bits per heavy atom. The summed E-state index contributed by atoms with van der Waals surface area (Å²) >= 11 is 2.39. The van der Waals surface area contributed by atoms with Gasteiger partial charge >= 0.3 is 104 Å². The zero-order chi connectivity index (χ0) is 11.5. The van der Waals surface area contributed by atoms with Crippen molar-refractivity contribution >= 4 is 34.3 Å². The van der Waals surface area contributed by atoms with Crippen LogP contribution in [0.15, 0.2) is 24.3 Å². The molecule has 1 nitrogen and oxygen atoms in total. The van der Waals surface area contributed by atoms with Gasteiger partial charge in [0.15, 0.2) is 0 Å². The molecule has 15 heavy (non-hydrogen) atoms. The molecule has 0 amide bonds. The predicted molar refractivity (Wildman–Crippen MR) is 72.9 cm³/mol. The van der Waals surface area contributed by atoms with Crippen molar-refractivity contribution in [3.63, 3.8) is 0 Å². The summed E-state index contributed by atoms with van der Waals surface area (Å²) < 4.78 is 0. The van der Waals surface area contributed by atoms with Gasteiger partial charge in [0.1, 0.15) is 0 Å². The Kier molecular flexibility index (Phi) is 4.52. The van der Waals surface area contributed by atoms with Gasteiger partial charge in [-0.05, 0) is 0 Å². The maximum absolute atomic E-state index is 2.39. The molecule has 0 radical (unpaired) electrons. The minimum absolute atomic E-state index is 1.09. The summed E-state index contributed by atoms with van der Waals surface area (Å²) in [5, 5.41) is 1.54. The monoisotopic (exact) mass is 213 g/mol. The van der Waals surface area contributed by atoms with Gasteiger partial charge in [0.25, 0.3) is 0 Å².